The fourth-order valence-corrected chi connectivity index (χ4v) is 3.26. The molecule has 1 fully saturated rings. The summed E-state index contributed by atoms with van der Waals surface area (Å²) in [6, 6.07) is 8.66. The van der Waals surface area contributed by atoms with Crippen LogP contribution in [0.15, 0.2) is 45.6 Å². The Hall–Kier alpha value is -3.18. The molecule has 5 atom stereocenters. The predicted molar refractivity (Wildman–Crippen MR) is 96.6 cm³/mol. The van der Waals surface area contributed by atoms with Crippen molar-refractivity contribution in [3.05, 3.63) is 46.8 Å². The van der Waals surface area contributed by atoms with Crippen molar-refractivity contribution in [3.63, 3.8) is 0 Å². The van der Waals surface area contributed by atoms with Crippen molar-refractivity contribution in [2.24, 2.45) is 0 Å². The molecule has 2 aromatic carbocycles. The topological polar surface area (TPSA) is 167 Å². The van der Waals surface area contributed by atoms with E-state index < -0.39 is 42.3 Å². The fraction of sp³-hybridized carbons (Fsp3) is 0.263. The molecule has 1 saturated heterocycles. The van der Waals surface area contributed by atoms with Gasteiger partial charge in [0.1, 0.15) is 35.4 Å². The molecule has 10 nitrogen and oxygen atoms in total. The second-order valence-electron chi connectivity index (χ2n) is 6.63. The molecule has 29 heavy (non-hydrogen) atoms. The van der Waals surface area contributed by atoms with Gasteiger partial charge in [-0.15, -0.1) is 0 Å². The molecule has 0 saturated carbocycles. The number of aliphatic hydroxyl groups is 3. The third kappa shape index (κ3) is 3.28. The number of carbonyl (C=O) groups is 1. The Kier molecular flexibility index (Phi) is 4.63. The third-order valence-corrected chi connectivity index (χ3v) is 4.73. The van der Waals surface area contributed by atoms with Gasteiger partial charge < -0.3 is 39.4 Å². The van der Waals surface area contributed by atoms with Crippen molar-refractivity contribution in [1.82, 2.24) is 0 Å². The van der Waals surface area contributed by atoms with Gasteiger partial charge in [-0.2, -0.15) is 0 Å². The first kappa shape index (κ1) is 19.2. The van der Waals surface area contributed by atoms with Crippen molar-refractivity contribution in [2.75, 3.05) is 0 Å². The lowest BCUT2D eigenvalue weighted by molar-refractivity contribution is -0.271. The number of fused-ring (bicyclic) bond motifs is 3. The molecule has 1 aromatic heterocycles. The number of hydrogen-bond donors (Lipinski definition) is 5. The third-order valence-electron chi connectivity index (χ3n) is 4.73. The standard InChI is InChI=1S/C19H16O10/c20-7-1-3-10-9-4-2-8(6-11(9)18(26)28-12(10)5-7)27-19-15(23)13(21)14(22)16(29-19)17(24)25/h1-6,13-16,19-23H,(H,24,25). The van der Waals surface area contributed by atoms with Crippen molar-refractivity contribution < 1.29 is 44.2 Å². The van der Waals surface area contributed by atoms with Crippen LogP contribution in [-0.2, 0) is 9.53 Å². The first-order valence-corrected chi connectivity index (χ1v) is 8.55. The number of aliphatic carboxylic acids is 1. The minimum Gasteiger partial charge on any atom is -0.508 e. The number of carboxylic acid groups (broad SMARTS) is 1. The van der Waals surface area contributed by atoms with Crippen molar-refractivity contribution in [1.29, 1.82) is 0 Å². The van der Waals surface area contributed by atoms with E-state index in [1.54, 1.807) is 12.1 Å². The number of benzene rings is 2. The Morgan fingerprint density at radius 3 is 2.38 bits per heavy atom. The lowest BCUT2D eigenvalue weighted by Crippen LogP contribution is -2.61. The van der Waals surface area contributed by atoms with Gasteiger partial charge in [-0.25, -0.2) is 9.59 Å². The minimum atomic E-state index is -1.84. The molecular formula is C19H16O10. The number of phenolic OH excluding ortho intramolecular Hbond substituents is 1. The number of aromatic hydroxyl groups is 1. The van der Waals surface area contributed by atoms with Gasteiger partial charge in [0.25, 0.3) is 0 Å². The Labute approximate surface area is 161 Å². The summed E-state index contributed by atoms with van der Waals surface area (Å²) in [6.07, 6.45) is -8.78. The Morgan fingerprint density at radius 1 is 0.931 bits per heavy atom. The molecule has 1 aliphatic rings. The zero-order valence-corrected chi connectivity index (χ0v) is 14.6. The maximum Gasteiger partial charge on any atom is 0.344 e. The van der Waals surface area contributed by atoms with Gasteiger partial charge in [0.05, 0.1) is 5.39 Å². The monoisotopic (exact) mass is 404 g/mol. The smallest absolute Gasteiger partial charge is 0.344 e. The van der Waals surface area contributed by atoms with E-state index in [-0.39, 0.29) is 22.5 Å². The Balaban J connectivity index is 1.70. The molecule has 5 N–H and O–H groups in total. The first-order chi connectivity index (χ1) is 13.8. The summed E-state index contributed by atoms with van der Waals surface area (Å²) >= 11 is 0. The van der Waals surface area contributed by atoms with Crippen LogP contribution in [0.25, 0.3) is 21.7 Å². The fourth-order valence-electron chi connectivity index (χ4n) is 3.26. The van der Waals surface area contributed by atoms with Crippen LogP contribution < -0.4 is 10.4 Å². The van der Waals surface area contributed by atoms with Crippen LogP contribution in [0.2, 0.25) is 0 Å². The average molecular weight is 404 g/mol. The minimum absolute atomic E-state index is 0.0414. The molecule has 152 valence electrons. The molecule has 0 aliphatic carbocycles. The molecule has 4 rings (SSSR count). The van der Waals surface area contributed by atoms with Crippen molar-refractivity contribution in [3.8, 4) is 11.5 Å². The summed E-state index contributed by atoms with van der Waals surface area (Å²) in [6.45, 7) is 0. The van der Waals surface area contributed by atoms with Gasteiger partial charge >= 0.3 is 11.6 Å². The summed E-state index contributed by atoms with van der Waals surface area (Å²) < 4.78 is 15.7. The van der Waals surface area contributed by atoms with Gasteiger partial charge in [0.2, 0.25) is 6.29 Å². The Morgan fingerprint density at radius 2 is 1.66 bits per heavy atom. The zero-order chi connectivity index (χ0) is 20.9. The van der Waals surface area contributed by atoms with E-state index in [9.17, 15) is 30.0 Å². The number of ether oxygens (including phenoxy) is 2. The summed E-state index contributed by atoms with van der Waals surface area (Å²) in [4.78, 5) is 23.5. The van der Waals surface area contributed by atoms with Crippen LogP contribution in [0.4, 0.5) is 0 Å². The molecule has 1 aliphatic heterocycles. The molecule has 2 heterocycles. The van der Waals surface area contributed by atoms with E-state index in [4.69, 9.17) is 19.0 Å². The molecule has 5 unspecified atom stereocenters. The van der Waals surface area contributed by atoms with Crippen LogP contribution in [0.3, 0.4) is 0 Å². The maximum absolute atomic E-state index is 12.3. The SMILES string of the molecule is O=C(O)C1OC(Oc2ccc3c(c2)c(=O)oc2cc(O)ccc23)C(O)C(O)C1O. The molecule has 10 heteroatoms. The van der Waals surface area contributed by atoms with Crippen molar-refractivity contribution >= 4 is 27.7 Å². The lowest BCUT2D eigenvalue weighted by Gasteiger charge is -2.38. The molecular weight excluding hydrogens is 388 g/mol. The average Bonchev–Trinajstić information content (AvgIpc) is 2.68. The predicted octanol–water partition coefficient (Wildman–Crippen LogP) is -0.0772. The molecule has 0 spiro atoms. The highest BCUT2D eigenvalue weighted by atomic mass is 16.7. The number of hydrogen-bond acceptors (Lipinski definition) is 9. The zero-order valence-electron chi connectivity index (χ0n) is 14.6. The second kappa shape index (κ2) is 7.01. The van der Waals surface area contributed by atoms with Gasteiger partial charge in [0, 0.05) is 16.8 Å². The highest BCUT2D eigenvalue weighted by Gasteiger charge is 2.48. The van der Waals surface area contributed by atoms with Crippen LogP contribution in [0.1, 0.15) is 0 Å². The van der Waals surface area contributed by atoms with E-state index in [0.29, 0.717) is 10.8 Å². The lowest BCUT2D eigenvalue weighted by atomic mass is 9.99. The largest absolute Gasteiger partial charge is 0.508 e. The van der Waals surface area contributed by atoms with E-state index in [0.717, 1.165) is 0 Å². The number of rotatable bonds is 3. The number of aliphatic hydroxyl groups excluding tert-OH is 3. The quantitative estimate of drug-likeness (QED) is 0.294. The highest BCUT2D eigenvalue weighted by Crippen LogP contribution is 2.30. The van der Waals surface area contributed by atoms with Crippen molar-refractivity contribution in [2.45, 2.75) is 30.7 Å². The van der Waals surface area contributed by atoms with E-state index in [1.807, 2.05) is 0 Å². The van der Waals surface area contributed by atoms with Gasteiger partial charge in [-0.05, 0) is 30.3 Å². The summed E-state index contributed by atoms with van der Waals surface area (Å²) in [5.41, 5.74) is -0.504. The highest BCUT2D eigenvalue weighted by molar-refractivity contribution is 6.04. The van der Waals surface area contributed by atoms with Crippen LogP contribution >= 0.6 is 0 Å². The van der Waals surface area contributed by atoms with E-state index >= 15 is 0 Å². The number of phenols is 1. The second-order valence-corrected chi connectivity index (χ2v) is 6.63. The summed E-state index contributed by atoms with van der Waals surface area (Å²) in [7, 11) is 0. The van der Waals surface area contributed by atoms with Gasteiger partial charge in [-0.3, -0.25) is 0 Å². The first-order valence-electron chi connectivity index (χ1n) is 8.55. The maximum atomic E-state index is 12.3. The Bertz CT molecular complexity index is 1150. The van der Waals surface area contributed by atoms with E-state index in [1.165, 1.54) is 24.3 Å². The van der Waals surface area contributed by atoms with Crippen LogP contribution in [0, 0.1) is 0 Å². The molecule has 0 radical (unpaired) electrons. The molecule has 0 amide bonds. The number of carboxylic acids is 1. The molecule has 3 aromatic rings. The molecule has 0 bridgehead atoms. The van der Waals surface area contributed by atoms with Crippen LogP contribution in [-0.4, -0.2) is 62.2 Å². The van der Waals surface area contributed by atoms with Crippen LogP contribution in [0.5, 0.6) is 11.5 Å². The summed E-state index contributed by atoms with van der Waals surface area (Å²) in [5.74, 6) is -1.55. The van der Waals surface area contributed by atoms with E-state index in [2.05, 4.69) is 0 Å². The normalized spacial score (nSPS) is 27.2. The summed E-state index contributed by atoms with van der Waals surface area (Å²) in [5, 5.41) is 49.5. The van der Waals surface area contributed by atoms with Gasteiger partial charge in [0.15, 0.2) is 6.10 Å². The van der Waals surface area contributed by atoms with Gasteiger partial charge in [-0.1, -0.05) is 0 Å².